The monoisotopic (exact) mass is 404 g/mol. The molecule has 2 amide bonds. The molecule has 0 radical (unpaired) electrons. The number of nitrogens with one attached hydrogen (secondary N) is 2. The van der Waals surface area contributed by atoms with Crippen molar-refractivity contribution < 1.29 is 14.3 Å². The summed E-state index contributed by atoms with van der Waals surface area (Å²) in [6.45, 7) is 3.74. The van der Waals surface area contributed by atoms with Gasteiger partial charge >= 0.3 is 0 Å². The Hall–Kier alpha value is -2.34. The standard InChI is InChI=1S/C19H21BrN2O3/c1-3-6-18(23)21-15-7-4-5-8-16(15)22-19(24)12-25-17-10-9-14(20)11-13(17)2/h4-5,7-11H,3,6,12H2,1-2H3,(H,21,23)(H,22,24). The van der Waals surface area contributed by atoms with Gasteiger partial charge in [-0.05, 0) is 49.2 Å². The number of amides is 2. The second kappa shape index (κ2) is 9.22. The minimum absolute atomic E-state index is 0.0778. The maximum atomic E-state index is 12.2. The van der Waals surface area contributed by atoms with Crippen molar-refractivity contribution in [1.29, 1.82) is 0 Å². The van der Waals surface area contributed by atoms with Gasteiger partial charge in [-0.25, -0.2) is 0 Å². The summed E-state index contributed by atoms with van der Waals surface area (Å²) < 4.78 is 6.52. The summed E-state index contributed by atoms with van der Waals surface area (Å²) in [5.74, 6) is 0.285. The summed E-state index contributed by atoms with van der Waals surface area (Å²) in [7, 11) is 0. The summed E-state index contributed by atoms with van der Waals surface area (Å²) in [6.07, 6.45) is 1.20. The van der Waals surface area contributed by atoms with E-state index in [1.165, 1.54) is 0 Å². The van der Waals surface area contributed by atoms with E-state index < -0.39 is 0 Å². The molecular weight excluding hydrogens is 384 g/mol. The SMILES string of the molecule is CCCC(=O)Nc1ccccc1NC(=O)COc1ccc(Br)cc1C. The van der Waals surface area contributed by atoms with Crippen LogP contribution in [0.25, 0.3) is 0 Å². The number of halogens is 1. The Balaban J connectivity index is 1.97. The van der Waals surface area contributed by atoms with Gasteiger partial charge in [0.25, 0.3) is 5.91 Å². The third-order valence-corrected chi connectivity index (χ3v) is 3.94. The molecule has 0 saturated carbocycles. The molecule has 2 N–H and O–H groups in total. The fourth-order valence-corrected chi connectivity index (χ4v) is 2.72. The minimum Gasteiger partial charge on any atom is -0.483 e. The van der Waals surface area contributed by atoms with E-state index in [1.807, 2.05) is 32.0 Å². The van der Waals surface area contributed by atoms with Crippen molar-refractivity contribution in [2.75, 3.05) is 17.2 Å². The quantitative estimate of drug-likeness (QED) is 0.712. The first kappa shape index (κ1) is 19.0. The summed E-state index contributed by atoms with van der Waals surface area (Å²) in [4.78, 5) is 23.9. The number of hydrogen-bond donors (Lipinski definition) is 2. The third-order valence-electron chi connectivity index (χ3n) is 3.45. The fourth-order valence-electron chi connectivity index (χ4n) is 2.25. The summed E-state index contributed by atoms with van der Waals surface area (Å²) in [5.41, 5.74) is 2.07. The molecule has 0 aliphatic rings. The van der Waals surface area contributed by atoms with Crippen molar-refractivity contribution in [2.24, 2.45) is 0 Å². The molecule has 5 nitrogen and oxygen atoms in total. The Kier molecular flexibility index (Phi) is 7.01. The van der Waals surface area contributed by atoms with Crippen molar-refractivity contribution in [3.8, 4) is 5.75 Å². The average molecular weight is 405 g/mol. The number of hydrogen-bond acceptors (Lipinski definition) is 3. The molecule has 0 unspecified atom stereocenters. The van der Waals surface area contributed by atoms with E-state index >= 15 is 0 Å². The summed E-state index contributed by atoms with van der Waals surface area (Å²) in [5, 5.41) is 5.58. The number of para-hydroxylation sites is 2. The molecule has 0 aliphatic carbocycles. The van der Waals surface area contributed by atoms with Crippen LogP contribution in [0.2, 0.25) is 0 Å². The predicted octanol–water partition coefficient (Wildman–Crippen LogP) is 4.51. The lowest BCUT2D eigenvalue weighted by Crippen LogP contribution is -2.21. The van der Waals surface area contributed by atoms with Gasteiger partial charge in [-0.1, -0.05) is 35.0 Å². The number of ether oxygens (including phenoxy) is 1. The van der Waals surface area contributed by atoms with Crippen LogP contribution >= 0.6 is 15.9 Å². The van der Waals surface area contributed by atoms with E-state index in [-0.39, 0.29) is 18.4 Å². The van der Waals surface area contributed by atoms with Crippen LogP contribution in [0.4, 0.5) is 11.4 Å². The molecule has 132 valence electrons. The number of anilines is 2. The zero-order chi connectivity index (χ0) is 18.2. The number of rotatable bonds is 7. The topological polar surface area (TPSA) is 67.4 Å². The molecule has 0 heterocycles. The first-order valence-corrected chi connectivity index (χ1v) is 8.86. The molecular formula is C19H21BrN2O3. The van der Waals surface area contributed by atoms with Gasteiger partial charge in [-0.15, -0.1) is 0 Å². The largest absolute Gasteiger partial charge is 0.483 e. The summed E-state index contributed by atoms with van der Waals surface area (Å²) in [6, 6.07) is 12.7. The van der Waals surface area contributed by atoms with Crippen LogP contribution < -0.4 is 15.4 Å². The molecule has 6 heteroatoms. The van der Waals surface area contributed by atoms with Gasteiger partial charge in [0.1, 0.15) is 5.75 Å². The highest BCUT2D eigenvalue weighted by molar-refractivity contribution is 9.10. The van der Waals surface area contributed by atoms with Crippen molar-refractivity contribution in [2.45, 2.75) is 26.7 Å². The molecule has 0 aromatic heterocycles. The van der Waals surface area contributed by atoms with E-state index in [4.69, 9.17) is 4.74 Å². The molecule has 0 aliphatic heterocycles. The van der Waals surface area contributed by atoms with Gasteiger partial charge in [0.2, 0.25) is 5.91 Å². The van der Waals surface area contributed by atoms with E-state index in [0.717, 1.165) is 16.5 Å². The van der Waals surface area contributed by atoms with Crippen LogP contribution in [0.3, 0.4) is 0 Å². The van der Waals surface area contributed by atoms with Crippen LogP contribution in [-0.4, -0.2) is 18.4 Å². The van der Waals surface area contributed by atoms with Crippen molar-refractivity contribution in [3.05, 3.63) is 52.5 Å². The molecule has 2 rings (SSSR count). The van der Waals surface area contributed by atoms with Crippen LogP contribution in [-0.2, 0) is 9.59 Å². The highest BCUT2D eigenvalue weighted by Crippen LogP contribution is 2.23. The van der Waals surface area contributed by atoms with E-state index in [0.29, 0.717) is 23.5 Å². The lowest BCUT2D eigenvalue weighted by Gasteiger charge is -2.13. The number of carbonyl (C=O) groups is 2. The molecule has 0 spiro atoms. The molecule has 0 atom stereocenters. The van der Waals surface area contributed by atoms with Crippen LogP contribution in [0.15, 0.2) is 46.9 Å². The van der Waals surface area contributed by atoms with Crippen LogP contribution in [0.1, 0.15) is 25.3 Å². The Morgan fingerprint density at radius 3 is 2.28 bits per heavy atom. The minimum atomic E-state index is -0.292. The highest BCUT2D eigenvalue weighted by Gasteiger charge is 2.10. The Morgan fingerprint density at radius 1 is 1.04 bits per heavy atom. The zero-order valence-electron chi connectivity index (χ0n) is 14.3. The highest BCUT2D eigenvalue weighted by atomic mass is 79.9. The Bertz CT molecular complexity index is 762. The van der Waals surface area contributed by atoms with Crippen LogP contribution in [0, 0.1) is 6.92 Å². The van der Waals surface area contributed by atoms with Gasteiger partial charge in [0.05, 0.1) is 11.4 Å². The fraction of sp³-hybridized carbons (Fsp3) is 0.263. The molecule has 2 aromatic rings. The van der Waals surface area contributed by atoms with Gasteiger partial charge in [0, 0.05) is 10.9 Å². The normalized spacial score (nSPS) is 10.2. The van der Waals surface area contributed by atoms with Gasteiger partial charge in [0.15, 0.2) is 6.61 Å². The summed E-state index contributed by atoms with van der Waals surface area (Å²) >= 11 is 3.39. The molecule has 0 saturated heterocycles. The number of aryl methyl sites for hydroxylation is 1. The Labute approximate surface area is 155 Å². The van der Waals surface area contributed by atoms with Crippen molar-refractivity contribution in [1.82, 2.24) is 0 Å². The predicted molar refractivity (Wildman–Crippen MR) is 103 cm³/mol. The molecule has 0 bridgehead atoms. The third kappa shape index (κ3) is 5.90. The maximum Gasteiger partial charge on any atom is 0.262 e. The lowest BCUT2D eigenvalue weighted by molar-refractivity contribution is -0.118. The Morgan fingerprint density at radius 2 is 1.68 bits per heavy atom. The van der Waals surface area contributed by atoms with E-state index in [1.54, 1.807) is 24.3 Å². The number of benzene rings is 2. The second-order valence-electron chi connectivity index (χ2n) is 5.59. The number of carbonyl (C=O) groups excluding carboxylic acids is 2. The molecule has 0 fully saturated rings. The van der Waals surface area contributed by atoms with E-state index in [2.05, 4.69) is 26.6 Å². The lowest BCUT2D eigenvalue weighted by atomic mass is 10.2. The first-order valence-electron chi connectivity index (χ1n) is 8.07. The average Bonchev–Trinajstić information content (AvgIpc) is 2.56. The zero-order valence-corrected chi connectivity index (χ0v) is 15.9. The van der Waals surface area contributed by atoms with Gasteiger partial charge < -0.3 is 15.4 Å². The smallest absolute Gasteiger partial charge is 0.262 e. The van der Waals surface area contributed by atoms with E-state index in [9.17, 15) is 9.59 Å². The molecule has 25 heavy (non-hydrogen) atoms. The van der Waals surface area contributed by atoms with Crippen molar-refractivity contribution in [3.63, 3.8) is 0 Å². The van der Waals surface area contributed by atoms with Gasteiger partial charge in [-0.2, -0.15) is 0 Å². The molecule has 2 aromatic carbocycles. The maximum absolute atomic E-state index is 12.2. The first-order chi connectivity index (χ1) is 12.0. The van der Waals surface area contributed by atoms with Gasteiger partial charge in [-0.3, -0.25) is 9.59 Å². The van der Waals surface area contributed by atoms with Crippen molar-refractivity contribution >= 4 is 39.1 Å². The van der Waals surface area contributed by atoms with Crippen LogP contribution in [0.5, 0.6) is 5.75 Å². The second-order valence-corrected chi connectivity index (χ2v) is 6.51.